The van der Waals surface area contributed by atoms with E-state index in [1.807, 2.05) is 30.3 Å². The lowest BCUT2D eigenvalue weighted by Gasteiger charge is -2.38. The maximum atomic E-state index is 13.0. The first-order chi connectivity index (χ1) is 14.3. The number of nitrogens with zero attached hydrogens (tertiary/aromatic N) is 2. The summed E-state index contributed by atoms with van der Waals surface area (Å²) < 4.78 is 5.91. The Kier molecular flexibility index (Phi) is 7.34. The molecule has 0 atom stereocenters. The lowest BCUT2D eigenvalue weighted by atomic mass is 10.1. The summed E-state index contributed by atoms with van der Waals surface area (Å²) in [6, 6.07) is 16.8. The minimum Gasteiger partial charge on any atom is -0.478 e. The molecule has 2 amide bonds. The molecule has 2 aromatic rings. The molecule has 1 aliphatic heterocycles. The van der Waals surface area contributed by atoms with Gasteiger partial charge in [-0.3, -0.25) is 14.5 Å². The van der Waals surface area contributed by atoms with Crippen LogP contribution in [-0.4, -0.2) is 59.9 Å². The molecule has 0 aromatic heterocycles. The van der Waals surface area contributed by atoms with Crippen LogP contribution in [0, 0.1) is 0 Å². The Morgan fingerprint density at radius 2 is 1.63 bits per heavy atom. The van der Waals surface area contributed by atoms with Crippen molar-refractivity contribution in [2.24, 2.45) is 0 Å². The Hall–Kier alpha value is -2.57. The number of piperazine rings is 1. The monoisotopic (exact) mass is 429 g/mol. The molecule has 1 heterocycles. The lowest BCUT2D eigenvalue weighted by molar-refractivity contribution is -0.147. The standard InChI is InChI=1S/C23H28ClN3O3/c1-23(2,30-20-10-8-19(24)9-11-20)22(29)27-14-12-26(13-15-27)17-21(28)25-16-18-6-4-3-5-7-18/h3-11H,12-17H2,1-2H3,(H,25,28). The Balaban J connectivity index is 1.44. The van der Waals surface area contributed by atoms with Crippen molar-refractivity contribution in [1.29, 1.82) is 0 Å². The summed E-state index contributed by atoms with van der Waals surface area (Å²) >= 11 is 5.90. The number of amides is 2. The summed E-state index contributed by atoms with van der Waals surface area (Å²) in [7, 11) is 0. The van der Waals surface area contributed by atoms with E-state index in [1.54, 1.807) is 43.0 Å². The van der Waals surface area contributed by atoms with Gasteiger partial charge in [-0.15, -0.1) is 0 Å². The molecule has 0 unspecified atom stereocenters. The second-order valence-corrected chi connectivity index (χ2v) is 8.33. The first-order valence-corrected chi connectivity index (χ1v) is 10.5. The summed E-state index contributed by atoms with van der Waals surface area (Å²) in [6.45, 7) is 6.84. The second-order valence-electron chi connectivity index (χ2n) is 7.90. The van der Waals surface area contributed by atoms with E-state index in [9.17, 15) is 9.59 Å². The molecular formula is C23H28ClN3O3. The molecule has 6 nitrogen and oxygen atoms in total. The van der Waals surface area contributed by atoms with Gasteiger partial charge in [-0.2, -0.15) is 0 Å². The van der Waals surface area contributed by atoms with Crippen LogP contribution in [0.5, 0.6) is 5.75 Å². The van der Waals surface area contributed by atoms with Crippen LogP contribution < -0.4 is 10.1 Å². The zero-order chi connectivity index (χ0) is 21.6. The van der Waals surface area contributed by atoms with Crippen LogP contribution in [0.4, 0.5) is 0 Å². The van der Waals surface area contributed by atoms with Crippen LogP contribution in [0.3, 0.4) is 0 Å². The largest absolute Gasteiger partial charge is 0.478 e. The third kappa shape index (κ3) is 6.21. The van der Waals surface area contributed by atoms with Crippen molar-refractivity contribution in [1.82, 2.24) is 15.1 Å². The first-order valence-electron chi connectivity index (χ1n) is 10.1. The van der Waals surface area contributed by atoms with Crippen molar-refractivity contribution in [3.8, 4) is 5.75 Å². The molecule has 2 aromatic carbocycles. The molecular weight excluding hydrogens is 402 g/mol. The molecule has 0 radical (unpaired) electrons. The van der Waals surface area contributed by atoms with Gasteiger partial charge in [0.15, 0.2) is 5.60 Å². The number of hydrogen-bond donors (Lipinski definition) is 1. The van der Waals surface area contributed by atoms with Crippen molar-refractivity contribution in [3.05, 3.63) is 65.2 Å². The fourth-order valence-electron chi connectivity index (χ4n) is 3.39. The van der Waals surface area contributed by atoms with Crippen LogP contribution in [-0.2, 0) is 16.1 Å². The highest BCUT2D eigenvalue weighted by Gasteiger charge is 2.35. The molecule has 160 valence electrons. The summed E-state index contributed by atoms with van der Waals surface area (Å²) in [4.78, 5) is 29.0. The SMILES string of the molecule is CC(C)(Oc1ccc(Cl)cc1)C(=O)N1CCN(CC(=O)NCc2ccccc2)CC1. The van der Waals surface area contributed by atoms with E-state index in [0.29, 0.717) is 50.0 Å². The minimum atomic E-state index is -0.983. The maximum Gasteiger partial charge on any atom is 0.266 e. The Morgan fingerprint density at radius 3 is 2.27 bits per heavy atom. The summed E-state index contributed by atoms with van der Waals surface area (Å²) in [6.07, 6.45) is 0. The van der Waals surface area contributed by atoms with Crippen LogP contribution in [0.15, 0.2) is 54.6 Å². The quantitative estimate of drug-likeness (QED) is 0.735. The van der Waals surface area contributed by atoms with E-state index < -0.39 is 5.60 Å². The van der Waals surface area contributed by atoms with Gasteiger partial charge in [-0.25, -0.2) is 0 Å². The molecule has 1 saturated heterocycles. The number of benzene rings is 2. The highest BCUT2D eigenvalue weighted by atomic mass is 35.5. The smallest absolute Gasteiger partial charge is 0.266 e. The number of rotatable bonds is 7. The van der Waals surface area contributed by atoms with Crippen molar-refractivity contribution < 1.29 is 14.3 Å². The fourth-order valence-corrected chi connectivity index (χ4v) is 3.51. The van der Waals surface area contributed by atoms with Crippen molar-refractivity contribution in [3.63, 3.8) is 0 Å². The molecule has 0 saturated carbocycles. The molecule has 7 heteroatoms. The van der Waals surface area contributed by atoms with Gasteiger partial charge in [0, 0.05) is 37.7 Å². The summed E-state index contributed by atoms with van der Waals surface area (Å²) in [5.41, 5.74) is 0.0902. The van der Waals surface area contributed by atoms with Crippen LogP contribution in [0.2, 0.25) is 5.02 Å². The molecule has 0 bridgehead atoms. The average Bonchev–Trinajstić information content (AvgIpc) is 2.74. The van der Waals surface area contributed by atoms with Crippen molar-refractivity contribution >= 4 is 23.4 Å². The third-order valence-corrected chi connectivity index (χ3v) is 5.31. The average molecular weight is 430 g/mol. The van der Waals surface area contributed by atoms with E-state index in [4.69, 9.17) is 16.3 Å². The fraction of sp³-hybridized carbons (Fsp3) is 0.391. The van der Waals surface area contributed by atoms with Gasteiger partial charge in [0.05, 0.1) is 6.54 Å². The van der Waals surface area contributed by atoms with Crippen LogP contribution >= 0.6 is 11.6 Å². The first kappa shape index (κ1) is 22.1. The van der Waals surface area contributed by atoms with E-state index in [1.165, 1.54) is 0 Å². The van der Waals surface area contributed by atoms with Gasteiger partial charge in [-0.1, -0.05) is 41.9 Å². The number of nitrogens with one attached hydrogen (secondary N) is 1. The minimum absolute atomic E-state index is 0.00923. The summed E-state index contributed by atoms with van der Waals surface area (Å²) in [5, 5.41) is 3.57. The highest BCUT2D eigenvalue weighted by Crippen LogP contribution is 2.23. The lowest BCUT2D eigenvalue weighted by Crippen LogP contribution is -2.56. The van der Waals surface area contributed by atoms with Gasteiger partial charge in [0.1, 0.15) is 5.75 Å². The topological polar surface area (TPSA) is 61.9 Å². The molecule has 1 aliphatic rings. The van der Waals surface area contributed by atoms with Gasteiger partial charge < -0.3 is 15.0 Å². The molecule has 1 fully saturated rings. The zero-order valence-corrected chi connectivity index (χ0v) is 18.2. The molecule has 3 rings (SSSR count). The normalized spacial score (nSPS) is 15.0. The van der Waals surface area contributed by atoms with E-state index in [0.717, 1.165) is 5.56 Å². The Morgan fingerprint density at radius 1 is 1.00 bits per heavy atom. The number of halogens is 1. The van der Waals surface area contributed by atoms with Crippen molar-refractivity contribution in [2.75, 3.05) is 32.7 Å². The second kappa shape index (κ2) is 9.96. The van der Waals surface area contributed by atoms with E-state index in [-0.39, 0.29) is 11.8 Å². The number of carbonyl (C=O) groups excluding carboxylic acids is 2. The number of carbonyl (C=O) groups is 2. The zero-order valence-electron chi connectivity index (χ0n) is 17.4. The predicted octanol–water partition coefficient (Wildman–Crippen LogP) is 2.96. The molecule has 0 aliphatic carbocycles. The molecule has 30 heavy (non-hydrogen) atoms. The summed E-state index contributed by atoms with van der Waals surface area (Å²) in [5.74, 6) is 0.530. The highest BCUT2D eigenvalue weighted by molar-refractivity contribution is 6.30. The molecule has 0 spiro atoms. The van der Waals surface area contributed by atoms with Gasteiger partial charge in [-0.05, 0) is 43.7 Å². The Bertz CT molecular complexity index is 848. The molecule has 1 N–H and O–H groups in total. The van der Waals surface area contributed by atoms with Gasteiger partial charge in [0.2, 0.25) is 5.91 Å². The van der Waals surface area contributed by atoms with Gasteiger partial charge in [0.25, 0.3) is 5.91 Å². The van der Waals surface area contributed by atoms with Crippen LogP contribution in [0.25, 0.3) is 0 Å². The van der Waals surface area contributed by atoms with Gasteiger partial charge >= 0.3 is 0 Å². The van der Waals surface area contributed by atoms with E-state index in [2.05, 4.69) is 10.2 Å². The van der Waals surface area contributed by atoms with Crippen molar-refractivity contribution in [2.45, 2.75) is 26.0 Å². The predicted molar refractivity (Wildman–Crippen MR) is 117 cm³/mol. The number of hydrogen-bond acceptors (Lipinski definition) is 4. The maximum absolute atomic E-state index is 13.0. The van der Waals surface area contributed by atoms with E-state index >= 15 is 0 Å². The van der Waals surface area contributed by atoms with Crippen LogP contribution in [0.1, 0.15) is 19.4 Å². The number of ether oxygens (including phenoxy) is 1. The third-order valence-electron chi connectivity index (χ3n) is 5.06. The Labute approximate surface area is 182 Å².